The van der Waals surface area contributed by atoms with Crippen LogP contribution in [-0.4, -0.2) is 18.9 Å². The van der Waals surface area contributed by atoms with Crippen molar-refractivity contribution in [2.24, 2.45) is 5.92 Å². The first-order chi connectivity index (χ1) is 8.24. The molecule has 0 heterocycles. The van der Waals surface area contributed by atoms with Crippen molar-refractivity contribution in [2.45, 2.75) is 26.7 Å². The summed E-state index contributed by atoms with van der Waals surface area (Å²) in [4.78, 5) is 23.3. The summed E-state index contributed by atoms with van der Waals surface area (Å²) in [6, 6.07) is 7.43. The third-order valence-electron chi connectivity index (χ3n) is 2.79. The summed E-state index contributed by atoms with van der Waals surface area (Å²) < 4.78 is 4.62. The van der Waals surface area contributed by atoms with E-state index in [9.17, 15) is 9.59 Å². The van der Waals surface area contributed by atoms with Gasteiger partial charge in [0.1, 0.15) is 5.92 Å². The molecule has 0 aromatic heterocycles. The number of rotatable bonds is 1. The SMILES string of the molecule is CC.COC(=O)C1CCc2ccccc2C1=O. The molecule has 3 nitrogen and oxygen atoms in total. The summed E-state index contributed by atoms with van der Waals surface area (Å²) in [7, 11) is 1.32. The van der Waals surface area contributed by atoms with E-state index in [1.165, 1.54) is 7.11 Å². The summed E-state index contributed by atoms with van der Waals surface area (Å²) in [5.74, 6) is -1.14. The Morgan fingerprint density at radius 3 is 2.59 bits per heavy atom. The number of fused-ring (bicyclic) bond motifs is 1. The van der Waals surface area contributed by atoms with Crippen LogP contribution in [-0.2, 0) is 16.0 Å². The van der Waals surface area contributed by atoms with Gasteiger partial charge in [0.15, 0.2) is 5.78 Å². The average molecular weight is 234 g/mol. The first-order valence-electron chi connectivity index (χ1n) is 5.94. The van der Waals surface area contributed by atoms with Gasteiger partial charge in [0.2, 0.25) is 0 Å². The van der Waals surface area contributed by atoms with Crippen molar-refractivity contribution in [3.8, 4) is 0 Å². The molecule has 0 spiro atoms. The lowest BCUT2D eigenvalue weighted by Gasteiger charge is -2.20. The van der Waals surface area contributed by atoms with Gasteiger partial charge < -0.3 is 4.74 Å². The van der Waals surface area contributed by atoms with Crippen LogP contribution in [0.15, 0.2) is 24.3 Å². The molecule has 1 aromatic carbocycles. The highest BCUT2D eigenvalue weighted by molar-refractivity contribution is 6.10. The monoisotopic (exact) mass is 234 g/mol. The van der Waals surface area contributed by atoms with Gasteiger partial charge in [0.25, 0.3) is 0 Å². The highest BCUT2D eigenvalue weighted by Gasteiger charge is 2.33. The quantitative estimate of drug-likeness (QED) is 0.554. The van der Waals surface area contributed by atoms with E-state index in [2.05, 4.69) is 4.74 Å². The smallest absolute Gasteiger partial charge is 0.316 e. The minimum Gasteiger partial charge on any atom is -0.468 e. The van der Waals surface area contributed by atoms with E-state index < -0.39 is 11.9 Å². The largest absolute Gasteiger partial charge is 0.468 e. The van der Waals surface area contributed by atoms with E-state index in [1.54, 1.807) is 6.07 Å². The number of Topliss-reactive ketones (excluding diaryl/α,β-unsaturated/α-hetero) is 1. The van der Waals surface area contributed by atoms with E-state index in [1.807, 2.05) is 32.0 Å². The summed E-state index contributed by atoms with van der Waals surface area (Å²) in [5.41, 5.74) is 1.70. The molecule has 0 radical (unpaired) electrons. The second-order valence-electron chi connectivity index (χ2n) is 3.64. The summed E-state index contributed by atoms with van der Waals surface area (Å²) in [6.45, 7) is 4.00. The van der Waals surface area contributed by atoms with Gasteiger partial charge in [-0.2, -0.15) is 0 Å². The highest BCUT2D eigenvalue weighted by atomic mass is 16.5. The van der Waals surface area contributed by atoms with E-state index in [0.717, 1.165) is 12.0 Å². The molecule has 17 heavy (non-hydrogen) atoms. The fourth-order valence-electron chi connectivity index (χ4n) is 1.96. The van der Waals surface area contributed by atoms with Crippen molar-refractivity contribution in [3.05, 3.63) is 35.4 Å². The Labute approximate surface area is 102 Å². The molecule has 0 bridgehead atoms. The van der Waals surface area contributed by atoms with Crippen LogP contribution in [0.1, 0.15) is 36.2 Å². The van der Waals surface area contributed by atoms with Gasteiger partial charge in [-0.25, -0.2) is 0 Å². The first-order valence-corrected chi connectivity index (χ1v) is 5.94. The number of esters is 1. The minimum absolute atomic E-state index is 0.108. The standard InChI is InChI=1S/C12H12O3.C2H6/c1-15-12(14)10-7-6-8-4-2-3-5-9(8)11(10)13;1-2/h2-5,10H,6-7H2,1H3;1-2H3. The molecule has 0 aliphatic heterocycles. The van der Waals surface area contributed by atoms with E-state index in [0.29, 0.717) is 12.0 Å². The molecular formula is C14H18O3. The van der Waals surface area contributed by atoms with E-state index in [-0.39, 0.29) is 5.78 Å². The maximum absolute atomic E-state index is 11.9. The number of hydrogen-bond donors (Lipinski definition) is 0. The number of methoxy groups -OCH3 is 1. The van der Waals surface area contributed by atoms with Crippen LogP contribution in [0.4, 0.5) is 0 Å². The minimum atomic E-state index is -0.607. The molecule has 2 rings (SSSR count). The third-order valence-corrected chi connectivity index (χ3v) is 2.79. The molecule has 1 unspecified atom stereocenters. The Hall–Kier alpha value is -1.64. The van der Waals surface area contributed by atoms with Crippen LogP contribution in [0.3, 0.4) is 0 Å². The number of ketones is 1. The van der Waals surface area contributed by atoms with E-state index in [4.69, 9.17) is 0 Å². The van der Waals surface area contributed by atoms with Crippen molar-refractivity contribution >= 4 is 11.8 Å². The fraction of sp³-hybridized carbons (Fsp3) is 0.429. The molecule has 0 fully saturated rings. The van der Waals surface area contributed by atoms with Crippen LogP contribution < -0.4 is 0 Å². The second kappa shape index (κ2) is 6.18. The first kappa shape index (κ1) is 13.4. The molecule has 3 heteroatoms. The second-order valence-corrected chi connectivity index (χ2v) is 3.64. The zero-order chi connectivity index (χ0) is 12.8. The molecule has 1 atom stereocenters. The third kappa shape index (κ3) is 2.73. The Kier molecular flexibility index (Phi) is 4.88. The Balaban J connectivity index is 0.000000686. The lowest BCUT2D eigenvalue weighted by molar-refractivity contribution is -0.143. The van der Waals surface area contributed by atoms with Crippen molar-refractivity contribution in [3.63, 3.8) is 0 Å². The van der Waals surface area contributed by atoms with Gasteiger partial charge in [0, 0.05) is 5.56 Å². The number of carbonyl (C=O) groups is 2. The molecule has 0 N–H and O–H groups in total. The van der Waals surface area contributed by atoms with Gasteiger partial charge in [0.05, 0.1) is 7.11 Å². The molecule has 92 valence electrons. The van der Waals surface area contributed by atoms with Crippen molar-refractivity contribution in [1.82, 2.24) is 0 Å². The fourth-order valence-corrected chi connectivity index (χ4v) is 1.96. The van der Waals surface area contributed by atoms with Crippen LogP contribution in [0.25, 0.3) is 0 Å². The maximum Gasteiger partial charge on any atom is 0.316 e. The Bertz CT molecular complexity index is 410. The van der Waals surface area contributed by atoms with Crippen molar-refractivity contribution in [1.29, 1.82) is 0 Å². The summed E-state index contributed by atoms with van der Waals surface area (Å²) in [5, 5.41) is 0. The lowest BCUT2D eigenvalue weighted by atomic mass is 9.83. The molecule has 1 aromatic rings. The van der Waals surface area contributed by atoms with Gasteiger partial charge in [-0.15, -0.1) is 0 Å². The van der Waals surface area contributed by atoms with Crippen molar-refractivity contribution in [2.75, 3.05) is 7.11 Å². The number of aryl methyl sites for hydroxylation is 1. The van der Waals surface area contributed by atoms with Gasteiger partial charge in [-0.1, -0.05) is 38.1 Å². The predicted molar refractivity (Wildman–Crippen MR) is 65.9 cm³/mol. The van der Waals surface area contributed by atoms with Gasteiger partial charge >= 0.3 is 5.97 Å². The topological polar surface area (TPSA) is 43.4 Å². The highest BCUT2D eigenvalue weighted by Crippen LogP contribution is 2.25. The maximum atomic E-state index is 11.9. The number of hydrogen-bond acceptors (Lipinski definition) is 3. The number of carbonyl (C=O) groups excluding carboxylic acids is 2. The van der Waals surface area contributed by atoms with Crippen LogP contribution in [0, 0.1) is 5.92 Å². The normalized spacial score (nSPS) is 17.6. The average Bonchev–Trinajstić information content (AvgIpc) is 2.41. The lowest BCUT2D eigenvalue weighted by Crippen LogP contribution is -2.30. The van der Waals surface area contributed by atoms with Crippen LogP contribution in [0.5, 0.6) is 0 Å². The predicted octanol–water partition coefficient (Wildman–Crippen LogP) is 2.63. The van der Waals surface area contributed by atoms with E-state index >= 15 is 0 Å². The molecule has 0 saturated heterocycles. The molecule has 0 saturated carbocycles. The summed E-state index contributed by atoms with van der Waals surface area (Å²) >= 11 is 0. The molecule has 1 aliphatic carbocycles. The molecule has 1 aliphatic rings. The van der Waals surface area contributed by atoms with Crippen LogP contribution >= 0.6 is 0 Å². The molecule has 0 amide bonds. The van der Waals surface area contributed by atoms with Gasteiger partial charge in [-0.3, -0.25) is 9.59 Å². The molecular weight excluding hydrogens is 216 g/mol. The van der Waals surface area contributed by atoms with Crippen LogP contribution in [0.2, 0.25) is 0 Å². The Morgan fingerprint density at radius 1 is 1.29 bits per heavy atom. The Morgan fingerprint density at radius 2 is 1.94 bits per heavy atom. The summed E-state index contributed by atoms with van der Waals surface area (Å²) in [6.07, 6.45) is 1.32. The van der Waals surface area contributed by atoms with Gasteiger partial charge in [-0.05, 0) is 18.4 Å². The zero-order valence-corrected chi connectivity index (χ0v) is 10.5. The number of benzene rings is 1. The number of ether oxygens (including phenoxy) is 1. The van der Waals surface area contributed by atoms with Crippen molar-refractivity contribution < 1.29 is 14.3 Å². The zero-order valence-electron chi connectivity index (χ0n) is 10.5.